The molecule has 1 heterocycles. The van der Waals surface area contributed by atoms with Crippen LogP contribution in [0.2, 0.25) is 0 Å². The molecule has 0 unspecified atom stereocenters. The van der Waals surface area contributed by atoms with Crippen molar-refractivity contribution in [2.45, 2.75) is 19.4 Å². The molecule has 2 N–H and O–H groups in total. The lowest BCUT2D eigenvalue weighted by Crippen LogP contribution is -2.58. The Hall–Kier alpha value is -0.520. The normalized spacial score (nSPS) is 21.2. The molecule has 0 spiro atoms. The molecule has 1 aliphatic rings. The van der Waals surface area contributed by atoms with E-state index < -0.39 is 5.60 Å². The molecule has 0 atom stereocenters. The molecule has 1 aliphatic heterocycles. The van der Waals surface area contributed by atoms with Crippen LogP contribution in [-0.2, 0) is 0 Å². The molecule has 0 radical (unpaired) electrons. The fourth-order valence-electron chi connectivity index (χ4n) is 0.729. The lowest BCUT2D eigenvalue weighted by Gasteiger charge is -2.32. The lowest BCUT2D eigenvalue weighted by atomic mass is 9.97. The van der Waals surface area contributed by atoms with Gasteiger partial charge < -0.3 is 10.4 Å². The van der Waals surface area contributed by atoms with E-state index in [0.717, 1.165) is 0 Å². The van der Waals surface area contributed by atoms with Crippen LogP contribution < -0.4 is 5.32 Å². The molecule has 0 saturated carbocycles. The molecule has 0 aliphatic carbocycles. The van der Waals surface area contributed by atoms with Crippen LogP contribution in [0.25, 0.3) is 0 Å². The maximum atomic E-state index is 9.42. The summed E-state index contributed by atoms with van der Waals surface area (Å²) < 4.78 is 0. The number of rotatable bonds is 0. The maximum absolute atomic E-state index is 9.42. The highest BCUT2D eigenvalue weighted by Gasteiger charge is 2.31. The highest BCUT2D eigenvalue weighted by Crippen LogP contribution is 2.08. The van der Waals surface area contributed by atoms with Crippen molar-refractivity contribution in [2.24, 2.45) is 5.92 Å². The molecule has 0 aromatic heterocycles. The summed E-state index contributed by atoms with van der Waals surface area (Å²) in [6.45, 7) is 5.27. The van der Waals surface area contributed by atoms with Gasteiger partial charge in [-0.3, -0.25) is 0 Å². The van der Waals surface area contributed by atoms with E-state index in [4.69, 9.17) is 0 Å². The van der Waals surface area contributed by atoms with Crippen LogP contribution in [0.15, 0.2) is 0 Å². The van der Waals surface area contributed by atoms with Crippen LogP contribution in [0.1, 0.15) is 13.8 Å². The van der Waals surface area contributed by atoms with Crippen LogP contribution in [0.5, 0.6) is 0 Å². The summed E-state index contributed by atoms with van der Waals surface area (Å²) in [5.74, 6) is 6.14. The van der Waals surface area contributed by atoms with Crippen molar-refractivity contribution in [3.8, 4) is 11.8 Å². The number of β-amino-alcohol motifs (C(OH)–C–C–N with tert-alkyl or cyclic N) is 1. The van der Waals surface area contributed by atoms with Gasteiger partial charge in [0.25, 0.3) is 0 Å². The second-order valence-electron chi connectivity index (χ2n) is 3.06. The van der Waals surface area contributed by atoms with Gasteiger partial charge in [-0.05, 0) is 0 Å². The van der Waals surface area contributed by atoms with Gasteiger partial charge in [-0.2, -0.15) is 0 Å². The Balaban J connectivity index is 2.45. The topological polar surface area (TPSA) is 32.3 Å². The van der Waals surface area contributed by atoms with Crippen molar-refractivity contribution in [3.05, 3.63) is 0 Å². The summed E-state index contributed by atoms with van der Waals surface area (Å²) in [5.41, 5.74) is -0.718. The number of hydrogen-bond acceptors (Lipinski definition) is 2. The molecule has 0 aromatic rings. The van der Waals surface area contributed by atoms with Crippen LogP contribution in [0.3, 0.4) is 0 Å². The predicted octanol–water partition coefficient (Wildman–Crippen LogP) is -0.0199. The summed E-state index contributed by atoms with van der Waals surface area (Å²) in [6, 6.07) is 0. The van der Waals surface area contributed by atoms with Crippen LogP contribution in [-0.4, -0.2) is 23.8 Å². The summed E-state index contributed by atoms with van der Waals surface area (Å²) in [5, 5.41) is 12.4. The van der Waals surface area contributed by atoms with E-state index in [-0.39, 0.29) is 0 Å². The van der Waals surface area contributed by atoms with Crippen molar-refractivity contribution in [2.75, 3.05) is 13.1 Å². The maximum Gasteiger partial charge on any atom is 0.150 e. The van der Waals surface area contributed by atoms with Crippen molar-refractivity contribution < 1.29 is 5.11 Å². The zero-order valence-corrected chi connectivity index (χ0v) is 6.44. The zero-order valence-electron chi connectivity index (χ0n) is 6.44. The smallest absolute Gasteiger partial charge is 0.150 e. The standard InChI is InChI=1S/C8H13NO/c1-7(2)3-4-8(10)5-9-6-8/h7,9-10H,5-6H2,1-2H3. The largest absolute Gasteiger partial charge is 0.375 e. The van der Waals surface area contributed by atoms with E-state index in [9.17, 15) is 5.11 Å². The number of hydrogen-bond donors (Lipinski definition) is 2. The molecule has 0 aromatic carbocycles. The highest BCUT2D eigenvalue weighted by molar-refractivity contribution is 5.20. The molecule has 56 valence electrons. The third-order valence-electron chi connectivity index (χ3n) is 1.43. The average Bonchev–Trinajstić information content (AvgIpc) is 1.79. The van der Waals surface area contributed by atoms with Crippen LogP contribution in [0, 0.1) is 17.8 Å². The Morgan fingerprint density at radius 1 is 1.50 bits per heavy atom. The third-order valence-corrected chi connectivity index (χ3v) is 1.43. The first-order valence-corrected chi connectivity index (χ1v) is 3.58. The van der Waals surface area contributed by atoms with Gasteiger partial charge in [0.2, 0.25) is 0 Å². The monoisotopic (exact) mass is 139 g/mol. The summed E-state index contributed by atoms with van der Waals surface area (Å²) in [7, 11) is 0. The van der Waals surface area contributed by atoms with Gasteiger partial charge in [0.15, 0.2) is 0 Å². The quantitative estimate of drug-likeness (QED) is 0.462. The Labute approximate surface area is 61.6 Å². The second kappa shape index (κ2) is 2.61. The van der Waals surface area contributed by atoms with Gasteiger partial charge in [0, 0.05) is 19.0 Å². The molecule has 1 saturated heterocycles. The SMILES string of the molecule is CC(C)C#CC1(O)CNC1. The van der Waals surface area contributed by atoms with Crippen LogP contribution in [0.4, 0.5) is 0 Å². The fourth-order valence-corrected chi connectivity index (χ4v) is 0.729. The van der Waals surface area contributed by atoms with E-state index in [0.29, 0.717) is 19.0 Å². The van der Waals surface area contributed by atoms with Gasteiger partial charge >= 0.3 is 0 Å². The minimum atomic E-state index is -0.718. The number of nitrogens with one attached hydrogen (secondary N) is 1. The minimum absolute atomic E-state index is 0.352. The highest BCUT2D eigenvalue weighted by atomic mass is 16.3. The molecule has 2 nitrogen and oxygen atoms in total. The molecule has 0 bridgehead atoms. The van der Waals surface area contributed by atoms with Gasteiger partial charge in [-0.15, -0.1) is 0 Å². The second-order valence-corrected chi connectivity index (χ2v) is 3.06. The van der Waals surface area contributed by atoms with Gasteiger partial charge in [-0.25, -0.2) is 0 Å². The van der Waals surface area contributed by atoms with E-state index in [1.54, 1.807) is 0 Å². The molecule has 10 heavy (non-hydrogen) atoms. The van der Waals surface area contributed by atoms with Crippen molar-refractivity contribution >= 4 is 0 Å². The van der Waals surface area contributed by atoms with Gasteiger partial charge in [-0.1, -0.05) is 25.7 Å². The van der Waals surface area contributed by atoms with E-state index >= 15 is 0 Å². The molecule has 2 heteroatoms. The summed E-state index contributed by atoms with van der Waals surface area (Å²) in [4.78, 5) is 0. The molecule has 1 rings (SSSR count). The molecule has 0 amide bonds. The first kappa shape index (κ1) is 7.59. The Bertz CT molecular complexity index is 171. The fraction of sp³-hybridized carbons (Fsp3) is 0.750. The summed E-state index contributed by atoms with van der Waals surface area (Å²) >= 11 is 0. The molecular formula is C8H13NO. The summed E-state index contributed by atoms with van der Waals surface area (Å²) in [6.07, 6.45) is 0. The van der Waals surface area contributed by atoms with Crippen LogP contribution >= 0.6 is 0 Å². The van der Waals surface area contributed by atoms with Crippen molar-refractivity contribution in [3.63, 3.8) is 0 Å². The Morgan fingerprint density at radius 3 is 2.40 bits per heavy atom. The van der Waals surface area contributed by atoms with E-state index in [1.807, 2.05) is 13.8 Å². The Kier molecular flexibility index (Phi) is 1.98. The average molecular weight is 139 g/mol. The van der Waals surface area contributed by atoms with Crippen molar-refractivity contribution in [1.29, 1.82) is 0 Å². The lowest BCUT2D eigenvalue weighted by molar-refractivity contribution is 0.0471. The van der Waals surface area contributed by atoms with E-state index in [1.165, 1.54) is 0 Å². The molecule has 1 fully saturated rings. The van der Waals surface area contributed by atoms with E-state index in [2.05, 4.69) is 17.2 Å². The minimum Gasteiger partial charge on any atom is -0.375 e. The number of aliphatic hydroxyl groups is 1. The predicted molar refractivity (Wildman–Crippen MR) is 40.4 cm³/mol. The zero-order chi connectivity index (χ0) is 7.61. The first-order valence-electron chi connectivity index (χ1n) is 3.58. The van der Waals surface area contributed by atoms with Crippen molar-refractivity contribution in [1.82, 2.24) is 5.32 Å². The third kappa shape index (κ3) is 1.73. The molecular weight excluding hydrogens is 126 g/mol. The van der Waals surface area contributed by atoms with Gasteiger partial charge in [0.05, 0.1) is 0 Å². The van der Waals surface area contributed by atoms with Gasteiger partial charge in [0.1, 0.15) is 5.60 Å². The Morgan fingerprint density at radius 2 is 2.10 bits per heavy atom. The first-order chi connectivity index (χ1) is 4.62.